The second-order valence-electron chi connectivity index (χ2n) is 15.3. The molecular weight excluding hydrogens is 666 g/mol. The Labute approximate surface area is 295 Å². The highest BCUT2D eigenvalue weighted by atomic mass is 35.5. The lowest BCUT2D eigenvalue weighted by Gasteiger charge is -2.47. The number of fused-ring (bicyclic) bond motifs is 1. The third kappa shape index (κ3) is 10.2. The van der Waals surface area contributed by atoms with Crippen molar-refractivity contribution in [1.82, 2.24) is 25.8 Å². The smallest absolute Gasteiger partial charge is 0.253 e. The fourth-order valence-electron chi connectivity index (χ4n) is 6.91. The van der Waals surface area contributed by atoms with E-state index < -0.39 is 56.2 Å². The number of pyridine rings is 1. The maximum atomic E-state index is 14.2. The Balaban J connectivity index is 1.63. The average molecular weight is 718 g/mol. The Morgan fingerprint density at radius 2 is 1.65 bits per heavy atom. The van der Waals surface area contributed by atoms with Gasteiger partial charge in [-0.2, -0.15) is 0 Å². The van der Waals surface area contributed by atoms with Gasteiger partial charge in [0.25, 0.3) is 5.91 Å². The number of hydrogen-bond acceptors (Lipinski definition) is 8. The number of aliphatic hydroxyl groups is 1. The van der Waals surface area contributed by atoms with Gasteiger partial charge in [-0.25, -0.2) is 13.4 Å². The molecule has 13 heteroatoms. The van der Waals surface area contributed by atoms with Gasteiger partial charge in [-0.3, -0.25) is 19.3 Å². The van der Waals surface area contributed by atoms with Crippen molar-refractivity contribution in [3.8, 4) is 0 Å². The van der Waals surface area contributed by atoms with Crippen LogP contribution in [0.25, 0.3) is 0 Å². The number of aliphatic hydroxyl groups excluding tert-OH is 1. The number of halogens is 1. The monoisotopic (exact) mass is 717 g/mol. The Hall–Kier alpha value is -3.06. The average Bonchev–Trinajstić information content (AvgIpc) is 3.02. The molecule has 3 amide bonds. The van der Waals surface area contributed by atoms with Crippen molar-refractivity contribution in [2.24, 2.45) is 11.8 Å². The number of carbonyl (C=O) groups is 3. The van der Waals surface area contributed by atoms with E-state index in [1.54, 1.807) is 0 Å². The van der Waals surface area contributed by atoms with Gasteiger partial charge in [0, 0.05) is 31.1 Å². The zero-order valence-corrected chi connectivity index (χ0v) is 31.0. The van der Waals surface area contributed by atoms with Crippen LogP contribution in [-0.4, -0.2) is 95.0 Å². The number of nitrogens with one attached hydrogen (secondary N) is 3. The van der Waals surface area contributed by atoms with Crippen molar-refractivity contribution in [2.45, 2.75) is 108 Å². The van der Waals surface area contributed by atoms with Crippen LogP contribution in [0.3, 0.4) is 0 Å². The molecule has 1 aromatic carbocycles. The second-order valence-corrected chi connectivity index (χ2v) is 18.3. The molecule has 11 nitrogen and oxygen atoms in total. The minimum atomic E-state index is -3.89. The molecular formula is C36H52ClN5O6S. The minimum Gasteiger partial charge on any atom is -0.390 e. The minimum absolute atomic E-state index is 0.0817. The number of aromatic nitrogens is 1. The maximum Gasteiger partial charge on any atom is 0.253 e. The number of sulfone groups is 1. The van der Waals surface area contributed by atoms with E-state index in [1.807, 2.05) is 51.1 Å². The Bertz CT molecular complexity index is 1560. The SMILES string of the molecule is CC(C)(C)NC(=O)[C@@H]1C[C@@H]2CCCC[C@@H]2CN1C[C@@H](O)[C@H](Cc1ccccc1)NC(=O)[C@@H](NC(=O)c1ccc(Cl)nc1)C(C)(C)S(C)(=O)=O. The van der Waals surface area contributed by atoms with Crippen LogP contribution in [0.4, 0.5) is 0 Å². The first-order valence-corrected chi connectivity index (χ1v) is 19.3. The van der Waals surface area contributed by atoms with Crippen LogP contribution in [0.2, 0.25) is 5.15 Å². The number of likely N-dealkylation sites (tertiary alicyclic amines) is 1. The molecule has 0 unspecified atom stereocenters. The van der Waals surface area contributed by atoms with Crippen LogP contribution in [-0.2, 0) is 25.8 Å². The summed E-state index contributed by atoms with van der Waals surface area (Å²) in [4.78, 5) is 47.0. The maximum absolute atomic E-state index is 14.2. The van der Waals surface area contributed by atoms with Crippen molar-refractivity contribution in [3.63, 3.8) is 0 Å². The molecule has 4 N–H and O–H groups in total. The van der Waals surface area contributed by atoms with E-state index in [9.17, 15) is 27.9 Å². The summed E-state index contributed by atoms with van der Waals surface area (Å²) in [5.74, 6) is -0.694. The Kier molecular flexibility index (Phi) is 12.5. The number of carbonyl (C=O) groups excluding carboxylic acids is 3. The fourth-order valence-corrected chi connectivity index (χ4v) is 7.61. The molecule has 4 rings (SSSR count). The molecule has 0 bridgehead atoms. The second kappa shape index (κ2) is 15.9. The normalized spacial score (nSPS) is 22.2. The summed E-state index contributed by atoms with van der Waals surface area (Å²) in [7, 11) is -3.89. The lowest BCUT2D eigenvalue weighted by atomic mass is 9.72. The zero-order valence-electron chi connectivity index (χ0n) is 29.4. The molecule has 1 saturated carbocycles. The van der Waals surface area contributed by atoms with Gasteiger partial charge in [0.2, 0.25) is 11.8 Å². The van der Waals surface area contributed by atoms with Gasteiger partial charge in [-0.15, -0.1) is 0 Å². The summed E-state index contributed by atoms with van der Waals surface area (Å²) >= 11 is 5.88. The van der Waals surface area contributed by atoms with Crippen molar-refractivity contribution in [3.05, 3.63) is 64.9 Å². The van der Waals surface area contributed by atoms with Gasteiger partial charge >= 0.3 is 0 Å². The molecule has 2 aliphatic rings. The third-order valence-electron chi connectivity index (χ3n) is 9.99. The molecule has 1 saturated heterocycles. The number of rotatable bonds is 12. The summed E-state index contributed by atoms with van der Waals surface area (Å²) in [6, 6.07) is 9.35. The molecule has 1 aliphatic heterocycles. The lowest BCUT2D eigenvalue weighted by Crippen LogP contribution is -2.64. The van der Waals surface area contributed by atoms with Gasteiger partial charge < -0.3 is 21.1 Å². The lowest BCUT2D eigenvalue weighted by molar-refractivity contribution is -0.133. The molecule has 6 atom stereocenters. The highest BCUT2D eigenvalue weighted by molar-refractivity contribution is 7.92. The molecule has 2 aromatic rings. The van der Waals surface area contributed by atoms with E-state index in [0.717, 1.165) is 37.5 Å². The molecule has 49 heavy (non-hydrogen) atoms. The van der Waals surface area contributed by atoms with Crippen molar-refractivity contribution >= 4 is 39.2 Å². The van der Waals surface area contributed by atoms with Crippen LogP contribution in [0, 0.1) is 11.8 Å². The summed E-state index contributed by atoms with van der Waals surface area (Å²) in [5, 5.41) is 20.7. The van der Waals surface area contributed by atoms with Crippen LogP contribution in [0.5, 0.6) is 0 Å². The standard InChI is InChI=1S/C36H52ClN5O6S/c1-35(2,3)41-33(45)28-19-24-14-10-11-15-26(24)21-42(28)22-29(43)27(18-23-12-8-7-9-13-23)39-34(46)31(36(4,5)49(6,47)48)40-32(44)25-16-17-30(37)38-20-25/h7-9,12-13,16-17,20,24,26-29,31,43H,10-11,14-15,18-19,21-22H2,1-6H3,(H,39,46)(H,40,44)(H,41,45)/t24-,26+,27-,28-,29+,31+/m0/s1. The highest BCUT2D eigenvalue weighted by Crippen LogP contribution is 2.39. The summed E-state index contributed by atoms with van der Waals surface area (Å²) < 4.78 is 24.3. The highest BCUT2D eigenvalue weighted by Gasteiger charge is 2.46. The predicted molar refractivity (Wildman–Crippen MR) is 191 cm³/mol. The first-order chi connectivity index (χ1) is 22.9. The summed E-state index contributed by atoms with van der Waals surface area (Å²) in [5.41, 5.74) is 0.510. The molecule has 2 heterocycles. The fraction of sp³-hybridized carbons (Fsp3) is 0.611. The van der Waals surface area contributed by atoms with Gasteiger partial charge in [0.15, 0.2) is 9.84 Å². The van der Waals surface area contributed by atoms with Crippen LogP contribution < -0.4 is 16.0 Å². The van der Waals surface area contributed by atoms with E-state index in [-0.39, 0.29) is 29.6 Å². The van der Waals surface area contributed by atoms with E-state index in [2.05, 4.69) is 25.8 Å². The molecule has 1 aromatic heterocycles. The van der Waals surface area contributed by atoms with Gasteiger partial charge in [-0.05, 0) is 83.4 Å². The van der Waals surface area contributed by atoms with Gasteiger partial charge in [0.1, 0.15) is 11.2 Å². The summed E-state index contributed by atoms with van der Waals surface area (Å²) in [6.07, 6.45) is 6.49. The third-order valence-corrected chi connectivity index (χ3v) is 12.4. The van der Waals surface area contributed by atoms with Gasteiger partial charge in [0.05, 0.1) is 28.5 Å². The summed E-state index contributed by atoms with van der Waals surface area (Å²) in [6.45, 7) is 9.36. The van der Waals surface area contributed by atoms with Crippen molar-refractivity contribution in [1.29, 1.82) is 0 Å². The number of nitrogens with zero attached hydrogens (tertiary/aromatic N) is 2. The van der Waals surface area contributed by atoms with Crippen LogP contribution >= 0.6 is 11.6 Å². The van der Waals surface area contributed by atoms with Crippen molar-refractivity contribution < 1.29 is 27.9 Å². The molecule has 0 radical (unpaired) electrons. The van der Waals surface area contributed by atoms with Crippen molar-refractivity contribution in [2.75, 3.05) is 19.3 Å². The molecule has 270 valence electrons. The largest absolute Gasteiger partial charge is 0.390 e. The van der Waals surface area contributed by atoms with E-state index in [0.29, 0.717) is 24.8 Å². The molecule has 0 spiro atoms. The quantitative estimate of drug-likeness (QED) is 0.243. The van der Waals surface area contributed by atoms with E-state index in [4.69, 9.17) is 11.6 Å². The number of benzene rings is 1. The number of hydrogen-bond donors (Lipinski definition) is 4. The first-order valence-electron chi connectivity index (χ1n) is 17.1. The molecule has 2 fully saturated rings. The number of amides is 3. The molecule has 1 aliphatic carbocycles. The zero-order chi connectivity index (χ0) is 36.1. The van der Waals surface area contributed by atoms with Crippen LogP contribution in [0.1, 0.15) is 82.6 Å². The van der Waals surface area contributed by atoms with Crippen LogP contribution in [0.15, 0.2) is 48.7 Å². The topological polar surface area (TPSA) is 158 Å². The number of piperidine rings is 1. The van der Waals surface area contributed by atoms with E-state index in [1.165, 1.54) is 32.2 Å². The number of β-amino-alcohol motifs (C(OH)–C–C–N with tert-alkyl or cyclic N) is 1. The Morgan fingerprint density at radius 3 is 2.24 bits per heavy atom. The van der Waals surface area contributed by atoms with Gasteiger partial charge in [-0.1, -0.05) is 61.2 Å². The first kappa shape index (κ1) is 38.7. The van der Waals surface area contributed by atoms with E-state index >= 15 is 0 Å². The Morgan fingerprint density at radius 1 is 1.00 bits per heavy atom. The predicted octanol–water partition coefficient (Wildman–Crippen LogP) is 3.54.